The molecule has 1 aliphatic heterocycles. The topological polar surface area (TPSA) is 32.3 Å². The molecule has 1 fully saturated rings. The van der Waals surface area contributed by atoms with Gasteiger partial charge in [0.15, 0.2) is 0 Å². The molecule has 1 saturated heterocycles. The van der Waals surface area contributed by atoms with Crippen molar-refractivity contribution in [2.75, 3.05) is 6.54 Å². The molecular formula is C12H25NO. The van der Waals surface area contributed by atoms with Crippen molar-refractivity contribution in [3.05, 3.63) is 0 Å². The number of aliphatic hydroxyl groups is 1. The van der Waals surface area contributed by atoms with Crippen molar-refractivity contribution in [1.82, 2.24) is 5.32 Å². The zero-order valence-electron chi connectivity index (χ0n) is 9.84. The van der Waals surface area contributed by atoms with E-state index in [4.69, 9.17) is 0 Å². The van der Waals surface area contributed by atoms with Crippen molar-refractivity contribution < 1.29 is 5.11 Å². The summed E-state index contributed by atoms with van der Waals surface area (Å²) in [5.41, 5.74) is 0.343. The van der Waals surface area contributed by atoms with Gasteiger partial charge in [-0.25, -0.2) is 0 Å². The first kappa shape index (κ1) is 12.0. The molecule has 2 heteroatoms. The fourth-order valence-corrected chi connectivity index (χ4v) is 1.99. The molecule has 0 aliphatic carbocycles. The highest BCUT2D eigenvalue weighted by Gasteiger charge is 2.22. The molecule has 2 nitrogen and oxygen atoms in total. The Bertz CT molecular complexity index is 156. The molecule has 84 valence electrons. The third kappa shape index (κ3) is 4.43. The molecule has 0 aromatic rings. The summed E-state index contributed by atoms with van der Waals surface area (Å²) in [5, 5.41) is 13.4. The zero-order chi connectivity index (χ0) is 10.6. The number of hydrogen-bond acceptors (Lipinski definition) is 2. The maximum atomic E-state index is 9.97. The third-order valence-corrected chi connectivity index (χ3v) is 3.00. The lowest BCUT2D eigenvalue weighted by atomic mass is 9.87. The molecule has 1 rings (SSSR count). The van der Waals surface area contributed by atoms with Crippen LogP contribution in [0.1, 0.15) is 52.9 Å². The lowest BCUT2D eigenvalue weighted by Crippen LogP contribution is -2.43. The van der Waals surface area contributed by atoms with Gasteiger partial charge in [-0.15, -0.1) is 0 Å². The van der Waals surface area contributed by atoms with Crippen LogP contribution in [0.2, 0.25) is 0 Å². The third-order valence-electron chi connectivity index (χ3n) is 3.00. The van der Waals surface area contributed by atoms with E-state index in [0.29, 0.717) is 11.5 Å². The van der Waals surface area contributed by atoms with E-state index in [1.54, 1.807) is 0 Å². The lowest BCUT2D eigenvalue weighted by Gasteiger charge is -2.29. The predicted molar refractivity (Wildman–Crippen MR) is 60.3 cm³/mol. The second kappa shape index (κ2) is 5.13. The van der Waals surface area contributed by atoms with E-state index >= 15 is 0 Å². The normalized spacial score (nSPS) is 26.1. The van der Waals surface area contributed by atoms with Crippen molar-refractivity contribution in [2.45, 2.75) is 65.0 Å². The van der Waals surface area contributed by atoms with Crippen molar-refractivity contribution in [2.24, 2.45) is 5.41 Å². The van der Waals surface area contributed by atoms with E-state index in [-0.39, 0.29) is 6.10 Å². The van der Waals surface area contributed by atoms with Gasteiger partial charge in [0.2, 0.25) is 0 Å². The van der Waals surface area contributed by atoms with E-state index in [1.807, 2.05) is 0 Å². The molecule has 0 aromatic heterocycles. The molecule has 2 unspecified atom stereocenters. The van der Waals surface area contributed by atoms with Gasteiger partial charge < -0.3 is 10.4 Å². The molecule has 0 saturated carbocycles. The second-order valence-corrected chi connectivity index (χ2v) is 5.72. The van der Waals surface area contributed by atoms with Crippen LogP contribution in [0.15, 0.2) is 0 Å². The average Bonchev–Trinajstić information content (AvgIpc) is 2.14. The van der Waals surface area contributed by atoms with E-state index in [2.05, 4.69) is 26.1 Å². The molecule has 0 amide bonds. The monoisotopic (exact) mass is 199 g/mol. The van der Waals surface area contributed by atoms with Gasteiger partial charge in [-0.2, -0.15) is 0 Å². The summed E-state index contributed by atoms with van der Waals surface area (Å²) in [6.45, 7) is 7.77. The second-order valence-electron chi connectivity index (χ2n) is 5.72. The number of nitrogens with one attached hydrogen (secondary N) is 1. The molecule has 0 radical (unpaired) electrons. The van der Waals surface area contributed by atoms with E-state index in [9.17, 15) is 5.11 Å². The van der Waals surface area contributed by atoms with Gasteiger partial charge in [-0.05, 0) is 37.6 Å². The Morgan fingerprint density at radius 2 is 2.07 bits per heavy atom. The maximum absolute atomic E-state index is 9.97. The van der Waals surface area contributed by atoms with Gasteiger partial charge in [0.1, 0.15) is 0 Å². The van der Waals surface area contributed by atoms with Gasteiger partial charge >= 0.3 is 0 Å². The first-order chi connectivity index (χ1) is 6.49. The summed E-state index contributed by atoms with van der Waals surface area (Å²) in [6, 6.07) is 0.353. The summed E-state index contributed by atoms with van der Waals surface area (Å²) in [4.78, 5) is 0. The fourth-order valence-electron chi connectivity index (χ4n) is 1.99. The van der Waals surface area contributed by atoms with E-state index in [1.165, 1.54) is 12.8 Å². The Morgan fingerprint density at radius 3 is 2.57 bits per heavy atom. The first-order valence-corrected chi connectivity index (χ1v) is 5.90. The molecule has 0 aromatic carbocycles. The minimum absolute atomic E-state index is 0.144. The highest BCUT2D eigenvalue weighted by atomic mass is 16.3. The molecule has 1 heterocycles. The van der Waals surface area contributed by atoms with Gasteiger partial charge in [-0.1, -0.05) is 27.2 Å². The van der Waals surface area contributed by atoms with Crippen LogP contribution >= 0.6 is 0 Å². The summed E-state index contributed by atoms with van der Waals surface area (Å²) in [6.07, 6.45) is 5.57. The van der Waals surface area contributed by atoms with E-state index < -0.39 is 0 Å². The van der Waals surface area contributed by atoms with E-state index in [0.717, 1.165) is 25.8 Å². The number of hydrogen-bond donors (Lipinski definition) is 2. The van der Waals surface area contributed by atoms with Crippen LogP contribution in [0.25, 0.3) is 0 Å². The Labute approximate surface area is 88.1 Å². The average molecular weight is 199 g/mol. The molecule has 2 N–H and O–H groups in total. The molecule has 0 bridgehead atoms. The summed E-state index contributed by atoms with van der Waals surface area (Å²) < 4.78 is 0. The van der Waals surface area contributed by atoms with Crippen molar-refractivity contribution in [3.63, 3.8) is 0 Å². The maximum Gasteiger partial charge on any atom is 0.0693 e. The largest absolute Gasteiger partial charge is 0.392 e. The lowest BCUT2D eigenvalue weighted by molar-refractivity contribution is 0.0923. The highest BCUT2D eigenvalue weighted by molar-refractivity contribution is 4.80. The SMILES string of the molecule is CC(C)(C)CCC(O)C1CCCCN1. The Hall–Kier alpha value is -0.0800. The predicted octanol–water partition coefficient (Wildman–Crippen LogP) is 2.32. The van der Waals surface area contributed by atoms with Gasteiger partial charge in [0, 0.05) is 6.04 Å². The number of rotatable bonds is 3. The van der Waals surface area contributed by atoms with Gasteiger partial charge in [0.25, 0.3) is 0 Å². The van der Waals surface area contributed by atoms with Crippen LogP contribution in [-0.4, -0.2) is 23.8 Å². The zero-order valence-corrected chi connectivity index (χ0v) is 9.84. The number of aliphatic hydroxyl groups excluding tert-OH is 1. The van der Waals surface area contributed by atoms with Crippen LogP contribution in [0.4, 0.5) is 0 Å². The Morgan fingerprint density at radius 1 is 1.36 bits per heavy atom. The van der Waals surface area contributed by atoms with Gasteiger partial charge in [-0.3, -0.25) is 0 Å². The first-order valence-electron chi connectivity index (χ1n) is 5.90. The highest BCUT2D eigenvalue weighted by Crippen LogP contribution is 2.23. The number of piperidine rings is 1. The quantitative estimate of drug-likeness (QED) is 0.731. The molecule has 0 spiro atoms. The van der Waals surface area contributed by atoms with Crippen LogP contribution in [-0.2, 0) is 0 Å². The molecule has 1 aliphatic rings. The minimum atomic E-state index is -0.144. The summed E-state index contributed by atoms with van der Waals surface area (Å²) in [5.74, 6) is 0. The van der Waals surface area contributed by atoms with Crippen molar-refractivity contribution >= 4 is 0 Å². The van der Waals surface area contributed by atoms with Crippen LogP contribution < -0.4 is 5.32 Å². The summed E-state index contributed by atoms with van der Waals surface area (Å²) >= 11 is 0. The Balaban J connectivity index is 2.23. The van der Waals surface area contributed by atoms with Crippen molar-refractivity contribution in [1.29, 1.82) is 0 Å². The minimum Gasteiger partial charge on any atom is -0.392 e. The van der Waals surface area contributed by atoms with Crippen LogP contribution in [0.3, 0.4) is 0 Å². The van der Waals surface area contributed by atoms with Crippen LogP contribution in [0.5, 0.6) is 0 Å². The standard InChI is InChI=1S/C12H25NO/c1-12(2,3)8-7-11(14)10-6-4-5-9-13-10/h10-11,13-14H,4-9H2,1-3H3. The van der Waals surface area contributed by atoms with Crippen molar-refractivity contribution in [3.8, 4) is 0 Å². The molecular weight excluding hydrogens is 174 g/mol. The Kier molecular flexibility index (Phi) is 4.39. The summed E-state index contributed by atoms with van der Waals surface area (Å²) in [7, 11) is 0. The molecule has 2 atom stereocenters. The molecule has 14 heavy (non-hydrogen) atoms. The van der Waals surface area contributed by atoms with Gasteiger partial charge in [0.05, 0.1) is 6.10 Å². The smallest absolute Gasteiger partial charge is 0.0693 e. The fraction of sp³-hybridized carbons (Fsp3) is 1.00. The van der Waals surface area contributed by atoms with Crippen LogP contribution in [0, 0.1) is 5.41 Å².